The van der Waals surface area contributed by atoms with Gasteiger partial charge in [0.1, 0.15) is 11.8 Å². The number of benzene rings is 2. The molecule has 1 aliphatic heterocycles. The van der Waals surface area contributed by atoms with Crippen molar-refractivity contribution in [2.75, 3.05) is 5.32 Å². The zero-order chi connectivity index (χ0) is 22.8. The third-order valence-electron chi connectivity index (χ3n) is 5.27. The molecule has 7 nitrogen and oxygen atoms in total. The molecule has 4 rings (SSSR count). The van der Waals surface area contributed by atoms with Crippen molar-refractivity contribution >= 4 is 29.9 Å². The summed E-state index contributed by atoms with van der Waals surface area (Å²) in [5.74, 6) is 0.329. The standard InChI is InChI=1S/C25H24N4O3/c1-15-10-11-20(16(2)12-15)26-21(30)14-29-18(4)13-17(3)22(25(29)31)24-27-23(28-32-24)19-8-6-5-7-9-19/h5-13H,3,14H2,1-2,4H3,(H,26,30)(H,27,28). The topological polar surface area (TPSA) is 84.7 Å². The number of hydrogen-bond donors (Lipinski definition) is 2. The second-order valence-electron chi connectivity index (χ2n) is 7.78. The van der Waals surface area contributed by atoms with Crippen molar-refractivity contribution in [2.45, 2.75) is 27.3 Å². The molecule has 2 aromatic carbocycles. The molecule has 32 heavy (non-hydrogen) atoms. The second-order valence-corrected chi connectivity index (χ2v) is 7.78. The van der Waals surface area contributed by atoms with Gasteiger partial charge in [0, 0.05) is 16.9 Å². The number of pyridine rings is 1. The Morgan fingerprint density at radius 2 is 1.88 bits per heavy atom. The van der Waals surface area contributed by atoms with Gasteiger partial charge in [-0.3, -0.25) is 9.59 Å². The molecule has 1 aromatic heterocycles. The number of hydroxylamine groups is 1. The van der Waals surface area contributed by atoms with Crippen LogP contribution in [0.1, 0.15) is 22.4 Å². The first-order valence-electron chi connectivity index (χ1n) is 10.2. The smallest absolute Gasteiger partial charge is 0.264 e. The van der Waals surface area contributed by atoms with E-state index in [1.54, 1.807) is 13.0 Å². The molecule has 0 saturated heterocycles. The van der Waals surface area contributed by atoms with Crippen molar-refractivity contribution in [1.82, 2.24) is 10.0 Å². The van der Waals surface area contributed by atoms with Crippen LogP contribution in [0, 0.1) is 20.8 Å². The molecule has 0 fully saturated rings. The number of amidine groups is 1. The predicted octanol–water partition coefficient (Wildman–Crippen LogP) is 1.87. The lowest BCUT2D eigenvalue weighted by Gasteiger charge is -2.12. The Kier molecular flexibility index (Phi) is 5.64. The number of carbonyl (C=O) groups excluding carboxylic acids is 1. The molecule has 3 aromatic rings. The van der Waals surface area contributed by atoms with Gasteiger partial charge in [-0.15, -0.1) is 0 Å². The molecular weight excluding hydrogens is 404 g/mol. The molecule has 7 heteroatoms. The fourth-order valence-electron chi connectivity index (χ4n) is 3.62. The highest BCUT2D eigenvalue weighted by Crippen LogP contribution is 2.16. The summed E-state index contributed by atoms with van der Waals surface area (Å²) in [6.45, 7) is 9.53. The Hall–Kier alpha value is -4.13. The van der Waals surface area contributed by atoms with Gasteiger partial charge in [-0.2, -0.15) is 4.99 Å². The van der Waals surface area contributed by atoms with Crippen molar-refractivity contribution < 1.29 is 9.63 Å². The zero-order valence-corrected chi connectivity index (χ0v) is 18.2. The minimum Gasteiger partial charge on any atom is -0.359 e. The fraction of sp³-hybridized carbons (Fsp3) is 0.160. The highest BCUT2D eigenvalue weighted by atomic mass is 16.7. The summed E-state index contributed by atoms with van der Waals surface area (Å²) >= 11 is 0. The molecule has 0 radical (unpaired) electrons. The highest BCUT2D eigenvalue weighted by molar-refractivity contribution is 6.01. The Labute approximate surface area is 185 Å². The average molecular weight is 428 g/mol. The number of aromatic nitrogens is 1. The minimum absolute atomic E-state index is 0.127. The van der Waals surface area contributed by atoms with Gasteiger partial charge >= 0.3 is 0 Å². The summed E-state index contributed by atoms with van der Waals surface area (Å²) < 4.78 is 1.40. The van der Waals surface area contributed by atoms with Crippen LogP contribution in [-0.4, -0.2) is 16.3 Å². The summed E-state index contributed by atoms with van der Waals surface area (Å²) in [6, 6.07) is 17.0. The van der Waals surface area contributed by atoms with Crippen LogP contribution >= 0.6 is 0 Å². The Morgan fingerprint density at radius 3 is 2.59 bits per heavy atom. The van der Waals surface area contributed by atoms with Gasteiger partial charge in [0.05, 0.1) is 0 Å². The quantitative estimate of drug-likeness (QED) is 0.665. The number of hydrogen-bond acceptors (Lipinski definition) is 5. The van der Waals surface area contributed by atoms with Gasteiger partial charge < -0.3 is 14.7 Å². The van der Waals surface area contributed by atoms with Crippen molar-refractivity contribution in [3.63, 3.8) is 0 Å². The molecule has 2 N–H and O–H groups in total. The molecule has 0 spiro atoms. The number of aryl methyl sites for hydroxylation is 3. The summed E-state index contributed by atoms with van der Waals surface area (Å²) in [5.41, 5.74) is 6.60. The van der Waals surface area contributed by atoms with Crippen molar-refractivity contribution in [3.05, 3.63) is 97.8 Å². The van der Waals surface area contributed by atoms with Crippen LogP contribution in [0.4, 0.5) is 5.69 Å². The molecule has 1 aliphatic rings. The molecule has 0 bridgehead atoms. The van der Waals surface area contributed by atoms with E-state index >= 15 is 0 Å². The molecular formula is C25H24N4O3. The van der Waals surface area contributed by atoms with E-state index in [0.717, 1.165) is 22.4 Å². The van der Waals surface area contributed by atoms with Crippen molar-refractivity contribution in [2.24, 2.45) is 4.99 Å². The first kappa shape index (κ1) is 21.1. The normalized spacial score (nSPS) is 14.4. The summed E-state index contributed by atoms with van der Waals surface area (Å²) in [6.07, 6.45) is 0. The lowest BCUT2D eigenvalue weighted by atomic mass is 10.1. The third-order valence-corrected chi connectivity index (χ3v) is 5.27. The maximum absolute atomic E-state index is 13.3. The largest absolute Gasteiger partial charge is 0.359 e. The Balaban J connectivity index is 1.70. The highest BCUT2D eigenvalue weighted by Gasteiger charge is 2.18. The van der Waals surface area contributed by atoms with E-state index in [4.69, 9.17) is 4.84 Å². The van der Waals surface area contributed by atoms with E-state index in [-0.39, 0.29) is 29.1 Å². The van der Waals surface area contributed by atoms with Crippen LogP contribution in [0.25, 0.3) is 12.5 Å². The molecule has 162 valence electrons. The zero-order valence-electron chi connectivity index (χ0n) is 18.2. The van der Waals surface area contributed by atoms with Gasteiger partial charge in [-0.25, -0.2) is 5.48 Å². The average Bonchev–Trinajstić information content (AvgIpc) is 3.23. The van der Waals surface area contributed by atoms with Crippen LogP contribution < -0.4 is 26.8 Å². The Morgan fingerprint density at radius 1 is 1.12 bits per heavy atom. The number of carbonyl (C=O) groups is 1. The van der Waals surface area contributed by atoms with E-state index in [1.807, 2.05) is 62.4 Å². The first-order chi connectivity index (χ1) is 15.3. The lowest BCUT2D eigenvalue weighted by Crippen LogP contribution is -2.47. The van der Waals surface area contributed by atoms with Crippen LogP contribution in [0.2, 0.25) is 0 Å². The number of amides is 1. The maximum atomic E-state index is 13.3. The van der Waals surface area contributed by atoms with E-state index < -0.39 is 0 Å². The molecule has 0 atom stereocenters. The predicted molar refractivity (Wildman–Crippen MR) is 125 cm³/mol. The summed E-state index contributed by atoms with van der Waals surface area (Å²) in [5, 5.41) is 3.58. The van der Waals surface area contributed by atoms with Crippen molar-refractivity contribution in [3.8, 4) is 0 Å². The number of anilines is 1. The van der Waals surface area contributed by atoms with Gasteiger partial charge in [-0.05, 0) is 43.7 Å². The van der Waals surface area contributed by atoms with Crippen molar-refractivity contribution in [1.29, 1.82) is 0 Å². The monoisotopic (exact) mass is 428 g/mol. The molecule has 0 unspecified atom stereocenters. The molecule has 2 heterocycles. The van der Waals surface area contributed by atoms with Crippen LogP contribution in [0.15, 0.2) is 64.4 Å². The number of nitrogens with one attached hydrogen (secondary N) is 2. The number of nitrogens with zero attached hydrogens (tertiary/aromatic N) is 2. The van der Waals surface area contributed by atoms with Gasteiger partial charge in [0.15, 0.2) is 5.84 Å². The molecule has 0 aliphatic carbocycles. The second kappa shape index (κ2) is 8.55. The maximum Gasteiger partial charge on any atom is 0.264 e. The van der Waals surface area contributed by atoms with Gasteiger partial charge in [0.2, 0.25) is 5.91 Å². The van der Waals surface area contributed by atoms with Crippen LogP contribution in [0.3, 0.4) is 0 Å². The minimum atomic E-state index is -0.388. The third kappa shape index (κ3) is 4.18. The fourth-order valence-corrected chi connectivity index (χ4v) is 3.62. The lowest BCUT2D eigenvalue weighted by molar-refractivity contribution is -0.116. The van der Waals surface area contributed by atoms with Crippen LogP contribution in [-0.2, 0) is 16.2 Å². The molecule has 0 saturated carbocycles. The van der Waals surface area contributed by atoms with E-state index in [2.05, 4.69) is 22.4 Å². The number of aliphatic imine (C=N–C) groups is 1. The Bertz CT molecular complexity index is 1410. The van der Waals surface area contributed by atoms with E-state index in [9.17, 15) is 9.59 Å². The van der Waals surface area contributed by atoms with Gasteiger partial charge in [-0.1, -0.05) is 54.6 Å². The summed E-state index contributed by atoms with van der Waals surface area (Å²) in [7, 11) is 0. The number of rotatable bonds is 4. The first-order valence-corrected chi connectivity index (χ1v) is 10.2. The van der Waals surface area contributed by atoms with E-state index in [0.29, 0.717) is 16.7 Å². The molecule has 1 amide bonds. The summed E-state index contributed by atoms with van der Waals surface area (Å²) in [4.78, 5) is 35.9. The SMILES string of the molecule is C=c1cc(C)n(CC(=O)Nc2ccc(C)cc2C)c(=O)c1=C1N=C(c2ccccc2)NO1. The van der Waals surface area contributed by atoms with Gasteiger partial charge in [0.25, 0.3) is 11.4 Å². The van der Waals surface area contributed by atoms with E-state index in [1.165, 1.54) is 4.57 Å². The van der Waals surface area contributed by atoms with Crippen LogP contribution in [0.5, 0.6) is 0 Å².